The lowest BCUT2D eigenvalue weighted by Crippen LogP contribution is -3.14. The lowest BCUT2D eigenvalue weighted by Gasteiger charge is -2.27. The van der Waals surface area contributed by atoms with E-state index in [1.54, 1.807) is 36.4 Å². The largest absolute Gasteiger partial charge is 0.497 e. The maximum absolute atomic E-state index is 13.3. The first kappa shape index (κ1) is 21.3. The van der Waals surface area contributed by atoms with Crippen molar-refractivity contribution in [3.8, 4) is 5.75 Å². The number of nitrogens with one attached hydrogen (secondary N) is 1. The van der Waals surface area contributed by atoms with Crippen LogP contribution >= 0.6 is 0 Å². The van der Waals surface area contributed by atoms with E-state index in [1.807, 2.05) is 0 Å². The lowest BCUT2D eigenvalue weighted by molar-refractivity contribution is -0.908. The first-order chi connectivity index (χ1) is 15.1. The molecule has 1 aromatic heterocycles. The number of ether oxygens (including phenoxy) is 2. The fourth-order valence-electron chi connectivity index (χ4n) is 4.37. The molecule has 2 atom stereocenters. The Bertz CT molecular complexity index is 935. The van der Waals surface area contributed by atoms with Crippen LogP contribution in [0.4, 0.5) is 0 Å². The Morgan fingerprint density at radius 3 is 2.71 bits per heavy atom. The number of quaternary nitrogens is 1. The molecule has 0 radical (unpaired) electrons. The second-order valence-corrected chi connectivity index (χ2v) is 7.86. The quantitative estimate of drug-likeness (QED) is 0.376. The predicted molar refractivity (Wildman–Crippen MR) is 110 cm³/mol. The van der Waals surface area contributed by atoms with Gasteiger partial charge < -0.3 is 23.7 Å². The van der Waals surface area contributed by atoms with Crippen LogP contribution < -0.4 is 9.64 Å². The number of Topliss-reactive ketones (excluding diaryl/α,β-unsaturated/α-hetero) is 2. The summed E-state index contributed by atoms with van der Waals surface area (Å²) in [5, 5.41) is 0. The first-order valence-electron chi connectivity index (χ1n) is 10.6. The van der Waals surface area contributed by atoms with Gasteiger partial charge in [-0.1, -0.05) is 12.1 Å². The Kier molecular flexibility index (Phi) is 6.48. The van der Waals surface area contributed by atoms with E-state index < -0.39 is 29.4 Å². The number of carbonyl (C=O) groups is 3. The van der Waals surface area contributed by atoms with Crippen LogP contribution in [0.25, 0.3) is 0 Å². The van der Waals surface area contributed by atoms with Crippen molar-refractivity contribution in [2.24, 2.45) is 5.92 Å². The van der Waals surface area contributed by atoms with Crippen molar-refractivity contribution in [2.75, 3.05) is 46.5 Å². The molecule has 164 valence electrons. The summed E-state index contributed by atoms with van der Waals surface area (Å²) in [4.78, 5) is 42.1. The molecule has 2 unspecified atom stereocenters. The molecule has 2 aliphatic heterocycles. The highest BCUT2D eigenvalue weighted by Crippen LogP contribution is 2.38. The molecule has 0 saturated carbocycles. The van der Waals surface area contributed by atoms with Gasteiger partial charge in [0.15, 0.2) is 5.78 Å². The van der Waals surface area contributed by atoms with E-state index in [9.17, 15) is 14.4 Å². The molecule has 2 saturated heterocycles. The number of likely N-dealkylation sites (tertiary alicyclic amines) is 1. The van der Waals surface area contributed by atoms with Crippen molar-refractivity contribution in [1.29, 1.82) is 0 Å². The van der Waals surface area contributed by atoms with E-state index in [2.05, 4.69) is 0 Å². The molecular weight excluding hydrogens is 400 g/mol. The van der Waals surface area contributed by atoms with Crippen molar-refractivity contribution >= 4 is 17.5 Å². The summed E-state index contributed by atoms with van der Waals surface area (Å²) in [6, 6.07) is 9.30. The summed E-state index contributed by atoms with van der Waals surface area (Å²) in [6.07, 6.45) is 2.22. The van der Waals surface area contributed by atoms with Crippen LogP contribution in [0.2, 0.25) is 0 Å². The van der Waals surface area contributed by atoms with Crippen molar-refractivity contribution < 1.29 is 33.2 Å². The average molecular weight is 427 g/mol. The van der Waals surface area contributed by atoms with Gasteiger partial charge in [0.05, 0.1) is 33.1 Å². The minimum atomic E-state index is -1.14. The molecule has 0 aliphatic carbocycles. The van der Waals surface area contributed by atoms with Gasteiger partial charge in [0.1, 0.15) is 36.6 Å². The van der Waals surface area contributed by atoms with Gasteiger partial charge in [0.25, 0.3) is 5.91 Å². The molecule has 8 heteroatoms. The van der Waals surface area contributed by atoms with Crippen LogP contribution in [0.3, 0.4) is 0 Å². The number of furan rings is 1. The third kappa shape index (κ3) is 4.40. The third-order valence-electron chi connectivity index (χ3n) is 6.01. The highest BCUT2D eigenvalue weighted by Gasteiger charge is 2.52. The van der Waals surface area contributed by atoms with Crippen LogP contribution in [0, 0.1) is 5.92 Å². The molecule has 3 heterocycles. The minimum Gasteiger partial charge on any atom is -0.497 e. The van der Waals surface area contributed by atoms with E-state index in [1.165, 1.54) is 23.2 Å². The van der Waals surface area contributed by atoms with Gasteiger partial charge >= 0.3 is 0 Å². The van der Waals surface area contributed by atoms with E-state index in [4.69, 9.17) is 13.9 Å². The highest BCUT2D eigenvalue weighted by molar-refractivity contribution is 6.44. The molecule has 2 aliphatic rings. The zero-order valence-electron chi connectivity index (χ0n) is 17.5. The molecule has 1 amide bonds. The van der Waals surface area contributed by atoms with Crippen molar-refractivity contribution in [2.45, 2.75) is 12.5 Å². The van der Waals surface area contributed by atoms with Crippen molar-refractivity contribution in [3.05, 3.63) is 54.0 Å². The number of amides is 1. The van der Waals surface area contributed by atoms with E-state index in [-0.39, 0.29) is 0 Å². The fourth-order valence-corrected chi connectivity index (χ4v) is 4.37. The van der Waals surface area contributed by atoms with Crippen molar-refractivity contribution in [3.63, 3.8) is 0 Å². The van der Waals surface area contributed by atoms with E-state index >= 15 is 0 Å². The molecule has 1 aromatic carbocycles. The molecule has 2 aromatic rings. The Hall–Kier alpha value is -2.97. The summed E-state index contributed by atoms with van der Waals surface area (Å²) in [7, 11) is 1.51. The maximum atomic E-state index is 13.3. The van der Waals surface area contributed by atoms with Gasteiger partial charge in [-0.3, -0.25) is 14.4 Å². The van der Waals surface area contributed by atoms with Crippen molar-refractivity contribution in [1.82, 2.24) is 4.90 Å². The predicted octanol–water partition coefficient (Wildman–Crippen LogP) is 0.545. The van der Waals surface area contributed by atoms with Crippen LogP contribution in [0.1, 0.15) is 28.6 Å². The molecule has 31 heavy (non-hydrogen) atoms. The van der Waals surface area contributed by atoms with Gasteiger partial charge in [-0.2, -0.15) is 0 Å². The number of hydrogen-bond donors (Lipinski definition) is 1. The van der Waals surface area contributed by atoms with Gasteiger partial charge in [-0.25, -0.2) is 0 Å². The Morgan fingerprint density at radius 2 is 2.00 bits per heavy atom. The summed E-state index contributed by atoms with van der Waals surface area (Å²) in [5.41, 5.74) is 0.335. The molecule has 0 spiro atoms. The third-order valence-corrected chi connectivity index (χ3v) is 6.01. The lowest BCUT2D eigenvalue weighted by atomic mass is 9.88. The summed E-state index contributed by atoms with van der Waals surface area (Å²) in [5.74, 6) is -1.89. The number of ketones is 2. The number of nitrogens with zero attached hydrogens (tertiary/aromatic N) is 1. The van der Waals surface area contributed by atoms with Gasteiger partial charge in [-0.05, 0) is 24.3 Å². The van der Waals surface area contributed by atoms with Crippen LogP contribution in [0.15, 0.2) is 47.1 Å². The zero-order valence-corrected chi connectivity index (χ0v) is 17.5. The normalized spacial score (nSPS) is 22.2. The monoisotopic (exact) mass is 427 g/mol. The molecule has 4 rings (SSSR count). The Labute approximate surface area is 180 Å². The van der Waals surface area contributed by atoms with Crippen LogP contribution in [-0.2, 0) is 14.3 Å². The molecule has 2 fully saturated rings. The van der Waals surface area contributed by atoms with Gasteiger partial charge in [-0.15, -0.1) is 0 Å². The van der Waals surface area contributed by atoms with E-state index in [0.717, 1.165) is 39.3 Å². The smallest absolute Gasteiger partial charge is 0.291 e. The SMILES string of the molecule is COc1cccc(C(=O)C2C(=O)C(=O)N(CCC[NH+]3CCOCC3)C2c2ccco2)c1. The van der Waals surface area contributed by atoms with Crippen LogP contribution in [-0.4, -0.2) is 68.9 Å². The second kappa shape index (κ2) is 9.45. The summed E-state index contributed by atoms with van der Waals surface area (Å²) in [6.45, 7) is 4.62. The first-order valence-corrected chi connectivity index (χ1v) is 10.6. The van der Waals surface area contributed by atoms with Gasteiger partial charge in [0.2, 0.25) is 5.78 Å². The standard InChI is InChI=1S/C23H26N2O6/c1-29-17-6-2-5-16(15-17)21(26)19-20(18-7-3-12-31-18)25(23(28)22(19)27)9-4-8-24-10-13-30-14-11-24/h2-3,5-7,12,15,19-20H,4,8-11,13-14H2,1H3/p+1. The molecule has 0 bridgehead atoms. The second-order valence-electron chi connectivity index (χ2n) is 7.86. The fraction of sp³-hybridized carbons (Fsp3) is 0.435. The number of morpholine rings is 1. The number of methoxy groups -OCH3 is 1. The minimum absolute atomic E-state index is 0.335. The van der Waals surface area contributed by atoms with E-state index in [0.29, 0.717) is 23.6 Å². The number of carbonyl (C=O) groups excluding carboxylic acids is 3. The number of hydrogen-bond acceptors (Lipinski definition) is 6. The zero-order chi connectivity index (χ0) is 21.8. The molecular formula is C23H27N2O6+. The number of rotatable bonds is 8. The molecule has 1 N–H and O–H groups in total. The van der Waals surface area contributed by atoms with Gasteiger partial charge in [0, 0.05) is 18.5 Å². The molecule has 8 nitrogen and oxygen atoms in total. The number of benzene rings is 1. The Morgan fingerprint density at radius 1 is 1.19 bits per heavy atom. The highest BCUT2D eigenvalue weighted by atomic mass is 16.5. The topological polar surface area (TPSA) is 90.5 Å². The summed E-state index contributed by atoms with van der Waals surface area (Å²) < 4.78 is 16.1. The average Bonchev–Trinajstić information content (AvgIpc) is 3.42. The maximum Gasteiger partial charge on any atom is 0.291 e. The van der Waals surface area contributed by atoms with Crippen LogP contribution in [0.5, 0.6) is 5.75 Å². The Balaban J connectivity index is 1.56. The summed E-state index contributed by atoms with van der Waals surface area (Å²) >= 11 is 0.